The quantitative estimate of drug-likeness (QED) is 0.888. The first kappa shape index (κ1) is 14.7. The van der Waals surface area contributed by atoms with E-state index >= 15 is 0 Å². The standard InChI is InChI=1S/C14H21FN4O/c1-3-11-9-18(2)5-4-6-19(11)14(20)12-7-10(15)8-17-13(12)16/h7-8,11H,3-6,9H2,1-2H3,(H2,16,17). The lowest BCUT2D eigenvalue weighted by Crippen LogP contribution is -2.43. The Morgan fingerprint density at radius 2 is 2.30 bits per heavy atom. The number of hydrogen-bond acceptors (Lipinski definition) is 4. The van der Waals surface area contributed by atoms with Gasteiger partial charge < -0.3 is 15.5 Å². The molecule has 20 heavy (non-hydrogen) atoms. The topological polar surface area (TPSA) is 62.5 Å². The molecular weight excluding hydrogens is 259 g/mol. The molecule has 110 valence electrons. The Bertz CT molecular complexity index is 494. The number of amides is 1. The zero-order valence-corrected chi connectivity index (χ0v) is 12.0. The van der Waals surface area contributed by atoms with E-state index in [0.717, 1.165) is 32.1 Å². The first-order valence-electron chi connectivity index (χ1n) is 6.93. The third-order valence-electron chi connectivity index (χ3n) is 3.75. The van der Waals surface area contributed by atoms with E-state index in [1.807, 2.05) is 0 Å². The van der Waals surface area contributed by atoms with Gasteiger partial charge >= 0.3 is 0 Å². The molecule has 2 N–H and O–H groups in total. The Morgan fingerprint density at radius 1 is 1.55 bits per heavy atom. The monoisotopic (exact) mass is 280 g/mol. The largest absolute Gasteiger partial charge is 0.383 e. The summed E-state index contributed by atoms with van der Waals surface area (Å²) in [5, 5.41) is 0. The van der Waals surface area contributed by atoms with Gasteiger partial charge in [-0.2, -0.15) is 0 Å². The van der Waals surface area contributed by atoms with Gasteiger partial charge in [0.15, 0.2) is 0 Å². The van der Waals surface area contributed by atoms with Crippen LogP contribution in [0.1, 0.15) is 30.1 Å². The van der Waals surface area contributed by atoms with E-state index in [-0.39, 0.29) is 23.3 Å². The highest BCUT2D eigenvalue weighted by Gasteiger charge is 2.28. The highest BCUT2D eigenvalue weighted by molar-refractivity contribution is 5.98. The Morgan fingerprint density at radius 3 is 3.00 bits per heavy atom. The summed E-state index contributed by atoms with van der Waals surface area (Å²) in [6.45, 7) is 4.50. The number of halogens is 1. The van der Waals surface area contributed by atoms with E-state index in [2.05, 4.69) is 23.9 Å². The molecule has 1 aromatic heterocycles. The van der Waals surface area contributed by atoms with Crippen molar-refractivity contribution in [3.8, 4) is 0 Å². The molecule has 1 aliphatic rings. The van der Waals surface area contributed by atoms with Crippen LogP contribution in [-0.2, 0) is 0 Å². The molecule has 0 spiro atoms. The van der Waals surface area contributed by atoms with E-state index in [1.165, 1.54) is 6.07 Å². The minimum absolute atomic E-state index is 0.0869. The van der Waals surface area contributed by atoms with Crippen molar-refractivity contribution in [3.05, 3.63) is 23.6 Å². The molecule has 1 aromatic rings. The maximum atomic E-state index is 13.3. The number of carbonyl (C=O) groups excluding carboxylic acids is 1. The van der Waals surface area contributed by atoms with Crippen LogP contribution in [0.2, 0.25) is 0 Å². The first-order chi connectivity index (χ1) is 9.52. The van der Waals surface area contributed by atoms with Gasteiger partial charge in [-0.05, 0) is 32.5 Å². The highest BCUT2D eigenvalue weighted by atomic mass is 19.1. The maximum absolute atomic E-state index is 13.3. The molecule has 0 saturated carbocycles. The molecule has 0 bridgehead atoms. The van der Waals surface area contributed by atoms with E-state index in [1.54, 1.807) is 4.90 Å². The van der Waals surface area contributed by atoms with Gasteiger partial charge in [0.1, 0.15) is 11.6 Å². The van der Waals surface area contributed by atoms with Gasteiger partial charge in [0.05, 0.1) is 11.8 Å². The fourth-order valence-corrected chi connectivity index (χ4v) is 2.64. The van der Waals surface area contributed by atoms with Crippen molar-refractivity contribution in [2.45, 2.75) is 25.8 Å². The van der Waals surface area contributed by atoms with Crippen molar-refractivity contribution >= 4 is 11.7 Å². The van der Waals surface area contributed by atoms with Gasteiger partial charge in [0, 0.05) is 19.1 Å². The number of anilines is 1. The summed E-state index contributed by atoms with van der Waals surface area (Å²) in [7, 11) is 2.05. The minimum Gasteiger partial charge on any atom is -0.383 e. The van der Waals surface area contributed by atoms with Crippen LogP contribution in [0.5, 0.6) is 0 Å². The summed E-state index contributed by atoms with van der Waals surface area (Å²) in [6, 6.07) is 1.30. The number of pyridine rings is 1. The smallest absolute Gasteiger partial charge is 0.257 e. The van der Waals surface area contributed by atoms with E-state index in [9.17, 15) is 9.18 Å². The third-order valence-corrected chi connectivity index (χ3v) is 3.75. The van der Waals surface area contributed by atoms with Gasteiger partial charge in [-0.1, -0.05) is 6.92 Å². The summed E-state index contributed by atoms with van der Waals surface area (Å²) in [5.74, 6) is -0.678. The lowest BCUT2D eigenvalue weighted by Gasteiger charge is -2.30. The molecule has 1 aliphatic heterocycles. The second-order valence-corrected chi connectivity index (χ2v) is 5.26. The Balaban J connectivity index is 2.27. The predicted molar refractivity (Wildman–Crippen MR) is 75.8 cm³/mol. The van der Waals surface area contributed by atoms with E-state index in [0.29, 0.717) is 6.54 Å². The number of nitrogens with two attached hydrogens (primary N) is 1. The van der Waals surface area contributed by atoms with Crippen molar-refractivity contribution in [1.82, 2.24) is 14.8 Å². The van der Waals surface area contributed by atoms with Crippen molar-refractivity contribution in [2.75, 3.05) is 32.4 Å². The number of carbonyl (C=O) groups is 1. The predicted octanol–water partition coefficient (Wildman–Crippen LogP) is 1.36. The van der Waals surface area contributed by atoms with Gasteiger partial charge in [-0.3, -0.25) is 4.79 Å². The molecule has 6 heteroatoms. The summed E-state index contributed by atoms with van der Waals surface area (Å²) >= 11 is 0. The fourth-order valence-electron chi connectivity index (χ4n) is 2.64. The molecule has 0 aliphatic carbocycles. The summed E-state index contributed by atoms with van der Waals surface area (Å²) in [4.78, 5) is 20.4. The average Bonchev–Trinajstić information content (AvgIpc) is 2.62. The Kier molecular flexibility index (Phi) is 4.54. The summed E-state index contributed by atoms with van der Waals surface area (Å²) < 4.78 is 13.3. The third kappa shape index (κ3) is 3.07. The van der Waals surface area contributed by atoms with Crippen LogP contribution in [0.3, 0.4) is 0 Å². The fraction of sp³-hybridized carbons (Fsp3) is 0.571. The van der Waals surface area contributed by atoms with Gasteiger partial charge in [-0.15, -0.1) is 0 Å². The number of nitrogen functional groups attached to an aromatic ring is 1. The van der Waals surface area contributed by atoms with Crippen molar-refractivity contribution in [1.29, 1.82) is 0 Å². The van der Waals surface area contributed by atoms with Crippen LogP contribution in [0.15, 0.2) is 12.3 Å². The van der Waals surface area contributed by atoms with Crippen LogP contribution in [0.4, 0.5) is 10.2 Å². The molecule has 0 radical (unpaired) electrons. The summed E-state index contributed by atoms with van der Waals surface area (Å²) in [5.41, 5.74) is 5.87. The Labute approximate surface area is 118 Å². The number of rotatable bonds is 2. The lowest BCUT2D eigenvalue weighted by atomic mass is 10.1. The number of nitrogens with zero attached hydrogens (tertiary/aromatic N) is 3. The Hall–Kier alpha value is -1.69. The zero-order chi connectivity index (χ0) is 14.7. The second-order valence-electron chi connectivity index (χ2n) is 5.26. The molecule has 1 fully saturated rings. The molecule has 1 amide bonds. The molecule has 1 unspecified atom stereocenters. The molecule has 2 rings (SSSR count). The number of aromatic nitrogens is 1. The van der Waals surface area contributed by atoms with Crippen LogP contribution < -0.4 is 5.73 Å². The molecule has 2 heterocycles. The van der Waals surface area contributed by atoms with Crippen molar-refractivity contribution in [2.24, 2.45) is 0 Å². The average molecular weight is 280 g/mol. The van der Waals surface area contributed by atoms with Crippen molar-refractivity contribution < 1.29 is 9.18 Å². The molecule has 0 aromatic carbocycles. The maximum Gasteiger partial charge on any atom is 0.257 e. The van der Waals surface area contributed by atoms with Crippen molar-refractivity contribution in [3.63, 3.8) is 0 Å². The SMILES string of the molecule is CCC1CN(C)CCCN1C(=O)c1cc(F)cnc1N. The zero-order valence-electron chi connectivity index (χ0n) is 12.0. The molecule has 5 nitrogen and oxygen atoms in total. The lowest BCUT2D eigenvalue weighted by molar-refractivity contribution is 0.0676. The van der Waals surface area contributed by atoms with Crippen LogP contribution in [0, 0.1) is 5.82 Å². The molecular formula is C14H21FN4O. The number of hydrogen-bond donors (Lipinski definition) is 1. The summed E-state index contributed by atoms with van der Waals surface area (Å²) in [6.07, 6.45) is 2.79. The van der Waals surface area contributed by atoms with Crippen LogP contribution in [0.25, 0.3) is 0 Å². The highest BCUT2D eigenvalue weighted by Crippen LogP contribution is 2.19. The van der Waals surface area contributed by atoms with Gasteiger partial charge in [-0.25, -0.2) is 9.37 Å². The van der Waals surface area contributed by atoms with Gasteiger partial charge in [0.2, 0.25) is 0 Å². The molecule has 1 atom stereocenters. The first-order valence-corrected chi connectivity index (χ1v) is 6.93. The normalized spacial score (nSPS) is 20.8. The number of likely N-dealkylation sites (N-methyl/N-ethyl adjacent to an activating group) is 1. The molecule has 1 saturated heterocycles. The van der Waals surface area contributed by atoms with Gasteiger partial charge in [0.25, 0.3) is 5.91 Å². The van der Waals surface area contributed by atoms with E-state index < -0.39 is 5.82 Å². The van der Waals surface area contributed by atoms with E-state index in [4.69, 9.17) is 5.73 Å². The second kappa shape index (κ2) is 6.17. The van der Waals surface area contributed by atoms with Crippen LogP contribution in [-0.4, -0.2) is 53.4 Å². The minimum atomic E-state index is -0.539. The van der Waals surface area contributed by atoms with Crippen LogP contribution >= 0.6 is 0 Å².